The van der Waals surface area contributed by atoms with Crippen LogP contribution in [0, 0.1) is 12.8 Å². The number of hydrogen-bond acceptors (Lipinski definition) is 3. The van der Waals surface area contributed by atoms with Gasteiger partial charge in [-0.15, -0.1) is 12.4 Å². The average molecular weight is 417 g/mol. The summed E-state index contributed by atoms with van der Waals surface area (Å²) in [5, 5.41) is 0. The van der Waals surface area contributed by atoms with Crippen LogP contribution in [0.2, 0.25) is 0 Å². The lowest BCUT2D eigenvalue weighted by Crippen LogP contribution is -2.45. The van der Waals surface area contributed by atoms with Crippen LogP contribution in [0.3, 0.4) is 0 Å². The Bertz CT molecular complexity index is 632. The van der Waals surface area contributed by atoms with Crippen molar-refractivity contribution >= 4 is 45.8 Å². The molecule has 2 N–H and O–H groups in total. The molecule has 0 spiro atoms. The van der Waals surface area contributed by atoms with Crippen LogP contribution in [-0.4, -0.2) is 42.4 Å². The zero-order valence-electron chi connectivity index (χ0n) is 13.7. The summed E-state index contributed by atoms with van der Waals surface area (Å²) in [7, 11) is 0. The van der Waals surface area contributed by atoms with Crippen molar-refractivity contribution in [1.82, 2.24) is 4.90 Å². The molecule has 2 aliphatic rings. The first-order chi connectivity index (χ1) is 11.0. The maximum Gasteiger partial charge on any atom is 0.228 e. The van der Waals surface area contributed by atoms with Crippen LogP contribution >= 0.6 is 28.3 Å². The van der Waals surface area contributed by atoms with Crippen molar-refractivity contribution in [2.45, 2.75) is 32.2 Å². The first-order valence-electron chi connectivity index (χ1n) is 8.06. The second-order valence-corrected chi connectivity index (χ2v) is 7.36. The van der Waals surface area contributed by atoms with Gasteiger partial charge in [-0.1, -0.05) is 15.9 Å². The minimum atomic E-state index is -0.235. The monoisotopic (exact) mass is 415 g/mol. The van der Waals surface area contributed by atoms with Crippen molar-refractivity contribution < 1.29 is 9.59 Å². The van der Waals surface area contributed by atoms with Gasteiger partial charge in [0.2, 0.25) is 11.8 Å². The normalized spacial score (nSPS) is 21.8. The topological polar surface area (TPSA) is 66.6 Å². The summed E-state index contributed by atoms with van der Waals surface area (Å²) in [6, 6.07) is 6.04. The lowest BCUT2D eigenvalue weighted by Gasteiger charge is -2.31. The summed E-state index contributed by atoms with van der Waals surface area (Å²) in [5.41, 5.74) is 7.84. The number of anilines is 1. The van der Waals surface area contributed by atoms with Crippen molar-refractivity contribution in [2.75, 3.05) is 24.5 Å². The van der Waals surface area contributed by atoms with Crippen LogP contribution in [0.1, 0.15) is 24.8 Å². The van der Waals surface area contributed by atoms with E-state index in [9.17, 15) is 9.59 Å². The zero-order valence-corrected chi connectivity index (χ0v) is 16.1. The number of carbonyl (C=O) groups excluding carboxylic acids is 2. The number of hydrogen-bond donors (Lipinski definition) is 1. The van der Waals surface area contributed by atoms with Gasteiger partial charge >= 0.3 is 0 Å². The minimum absolute atomic E-state index is 0. The molecule has 5 nitrogen and oxygen atoms in total. The second kappa shape index (κ2) is 7.85. The van der Waals surface area contributed by atoms with E-state index in [1.165, 1.54) is 0 Å². The van der Waals surface area contributed by atoms with Gasteiger partial charge in [-0.05, 0) is 43.5 Å². The molecule has 1 aromatic rings. The highest BCUT2D eigenvalue weighted by Gasteiger charge is 2.37. The number of benzene rings is 1. The maximum absolute atomic E-state index is 12.6. The van der Waals surface area contributed by atoms with Gasteiger partial charge in [0, 0.05) is 42.3 Å². The molecular weight excluding hydrogens is 394 g/mol. The summed E-state index contributed by atoms with van der Waals surface area (Å²) in [5.74, 6) is -0.110. The van der Waals surface area contributed by atoms with E-state index in [0.29, 0.717) is 26.1 Å². The fourth-order valence-corrected chi connectivity index (χ4v) is 3.54. The molecule has 1 aromatic carbocycles. The number of carbonyl (C=O) groups is 2. The molecular formula is C17H23BrClN3O2. The summed E-state index contributed by atoms with van der Waals surface area (Å²) < 4.78 is 1.02. The van der Waals surface area contributed by atoms with Gasteiger partial charge in [0.25, 0.3) is 0 Å². The van der Waals surface area contributed by atoms with Crippen LogP contribution < -0.4 is 10.6 Å². The van der Waals surface area contributed by atoms with E-state index in [-0.39, 0.29) is 36.2 Å². The maximum atomic E-state index is 12.6. The molecule has 7 heteroatoms. The molecule has 0 radical (unpaired) electrons. The molecule has 2 fully saturated rings. The fraction of sp³-hybridized carbons (Fsp3) is 0.529. The Morgan fingerprint density at radius 3 is 2.58 bits per heavy atom. The molecule has 1 atom stereocenters. The average Bonchev–Trinajstić information content (AvgIpc) is 2.92. The van der Waals surface area contributed by atoms with Gasteiger partial charge in [0.15, 0.2) is 0 Å². The Balaban J connectivity index is 0.00000208. The highest BCUT2D eigenvalue weighted by molar-refractivity contribution is 9.10. The van der Waals surface area contributed by atoms with Crippen LogP contribution in [0.25, 0.3) is 0 Å². The lowest BCUT2D eigenvalue weighted by atomic mass is 10.0. The predicted octanol–water partition coefficient (Wildman–Crippen LogP) is 2.48. The van der Waals surface area contributed by atoms with Crippen molar-refractivity contribution in [2.24, 2.45) is 11.7 Å². The third-order valence-corrected chi connectivity index (χ3v) is 5.67. The molecule has 2 aliphatic heterocycles. The van der Waals surface area contributed by atoms with E-state index < -0.39 is 0 Å². The molecule has 1 unspecified atom stereocenters. The molecule has 0 aromatic heterocycles. The minimum Gasteiger partial charge on any atom is -0.342 e. The number of nitrogens with two attached hydrogens (primary N) is 1. The van der Waals surface area contributed by atoms with Gasteiger partial charge in [-0.2, -0.15) is 0 Å². The van der Waals surface area contributed by atoms with Crippen molar-refractivity contribution in [3.05, 3.63) is 28.2 Å². The molecule has 2 saturated heterocycles. The molecule has 0 aliphatic carbocycles. The quantitative estimate of drug-likeness (QED) is 0.805. The third-order valence-electron chi connectivity index (χ3n) is 4.78. The Labute approximate surface area is 157 Å². The van der Waals surface area contributed by atoms with Gasteiger partial charge in [0.05, 0.1) is 5.92 Å². The number of piperidine rings is 1. The van der Waals surface area contributed by atoms with Crippen molar-refractivity contribution in [3.8, 4) is 0 Å². The highest BCUT2D eigenvalue weighted by atomic mass is 79.9. The van der Waals surface area contributed by atoms with Crippen LogP contribution in [0.4, 0.5) is 5.69 Å². The number of amides is 2. The molecule has 2 amide bonds. The number of rotatable bonds is 2. The van der Waals surface area contributed by atoms with Gasteiger partial charge < -0.3 is 15.5 Å². The van der Waals surface area contributed by atoms with Gasteiger partial charge in [-0.3, -0.25) is 9.59 Å². The van der Waals surface area contributed by atoms with Crippen LogP contribution in [0.15, 0.2) is 22.7 Å². The summed E-state index contributed by atoms with van der Waals surface area (Å²) in [6.07, 6.45) is 2.00. The summed E-state index contributed by atoms with van der Waals surface area (Å²) >= 11 is 3.47. The largest absolute Gasteiger partial charge is 0.342 e. The van der Waals surface area contributed by atoms with E-state index in [0.717, 1.165) is 28.6 Å². The zero-order chi connectivity index (χ0) is 16.6. The Morgan fingerprint density at radius 1 is 1.29 bits per heavy atom. The molecule has 3 rings (SSSR count). The van der Waals surface area contributed by atoms with Crippen LogP contribution in [-0.2, 0) is 9.59 Å². The van der Waals surface area contributed by atoms with E-state index in [4.69, 9.17) is 5.73 Å². The fourth-order valence-electron chi connectivity index (χ4n) is 3.30. The molecule has 0 bridgehead atoms. The Kier molecular flexibility index (Phi) is 6.28. The SMILES string of the molecule is Cc1cc(N2CC(C(=O)N3CCC(N)CC3)CC2=O)ccc1Br.Cl. The van der Waals surface area contributed by atoms with Gasteiger partial charge in [-0.25, -0.2) is 0 Å². The predicted molar refractivity (Wildman–Crippen MR) is 100 cm³/mol. The summed E-state index contributed by atoms with van der Waals surface area (Å²) in [4.78, 5) is 28.6. The van der Waals surface area contributed by atoms with Crippen molar-refractivity contribution in [3.63, 3.8) is 0 Å². The number of halogens is 2. The molecule has 2 heterocycles. The first kappa shape index (κ1) is 19.2. The molecule has 0 saturated carbocycles. The van der Waals surface area contributed by atoms with Crippen LogP contribution in [0.5, 0.6) is 0 Å². The Morgan fingerprint density at radius 2 is 1.96 bits per heavy atom. The Hall–Kier alpha value is -1.11. The van der Waals surface area contributed by atoms with E-state index in [1.807, 2.05) is 30.0 Å². The molecule has 132 valence electrons. The standard InChI is InChI=1S/C17H22BrN3O2.ClH/c1-11-8-14(2-3-15(11)18)21-10-12(9-16(21)22)17(23)20-6-4-13(19)5-7-20;/h2-3,8,12-13H,4-7,9-10,19H2,1H3;1H. The lowest BCUT2D eigenvalue weighted by molar-refractivity contribution is -0.136. The number of likely N-dealkylation sites (tertiary alicyclic amines) is 1. The van der Waals surface area contributed by atoms with E-state index in [2.05, 4.69) is 15.9 Å². The molecule has 24 heavy (non-hydrogen) atoms. The van der Waals surface area contributed by atoms with E-state index >= 15 is 0 Å². The van der Waals surface area contributed by atoms with Crippen molar-refractivity contribution in [1.29, 1.82) is 0 Å². The van der Waals surface area contributed by atoms with E-state index in [1.54, 1.807) is 4.90 Å². The smallest absolute Gasteiger partial charge is 0.228 e. The number of nitrogens with zero attached hydrogens (tertiary/aromatic N) is 2. The number of aryl methyl sites for hydroxylation is 1. The highest BCUT2D eigenvalue weighted by Crippen LogP contribution is 2.29. The second-order valence-electron chi connectivity index (χ2n) is 6.50. The first-order valence-corrected chi connectivity index (χ1v) is 8.86. The third kappa shape index (κ3) is 3.92. The summed E-state index contributed by atoms with van der Waals surface area (Å²) in [6.45, 7) is 3.89. The van der Waals surface area contributed by atoms with Gasteiger partial charge in [0.1, 0.15) is 0 Å².